The lowest BCUT2D eigenvalue weighted by Gasteiger charge is -2.34. The van der Waals surface area contributed by atoms with Crippen molar-refractivity contribution < 1.29 is 23.2 Å². The number of phenols is 2. The van der Waals surface area contributed by atoms with Gasteiger partial charge < -0.3 is 10.2 Å². The molecule has 1 unspecified atom stereocenters. The molecule has 0 saturated carbocycles. The highest BCUT2D eigenvalue weighted by Gasteiger charge is 2.54. The van der Waals surface area contributed by atoms with E-state index in [-0.39, 0.29) is 31.2 Å². The Balaban J connectivity index is 2.68. The number of rotatable bonds is 4. The average molecular weight is 494 g/mol. The minimum atomic E-state index is -5.20. The standard InChI is InChI=1S/C19H12Cl4O5S/c20-10-5-6-12(16(24)9-10)19(29(26,27)28,11-3-1-2-4-13(11)21)17-14(22)7-8-15(23)18(17)25/h1-9,24-25H,(H,26,27,28). The van der Waals surface area contributed by atoms with Gasteiger partial charge in [0.25, 0.3) is 10.1 Å². The number of benzene rings is 3. The summed E-state index contributed by atoms with van der Waals surface area (Å²) in [5.74, 6) is -1.28. The van der Waals surface area contributed by atoms with Crippen molar-refractivity contribution in [3.05, 3.63) is 91.4 Å². The minimum absolute atomic E-state index is 0.0742. The molecule has 3 aromatic carbocycles. The summed E-state index contributed by atoms with van der Waals surface area (Å²) in [6.45, 7) is 0. The van der Waals surface area contributed by atoms with Crippen LogP contribution in [0.4, 0.5) is 0 Å². The summed E-state index contributed by atoms with van der Waals surface area (Å²) >= 11 is 24.5. The average Bonchev–Trinajstić information content (AvgIpc) is 2.62. The topological polar surface area (TPSA) is 94.8 Å². The summed E-state index contributed by atoms with van der Waals surface area (Å²) in [6, 6.07) is 11.8. The fraction of sp³-hybridized carbons (Fsp3) is 0.0526. The van der Waals surface area contributed by atoms with Crippen molar-refractivity contribution in [2.75, 3.05) is 0 Å². The van der Waals surface area contributed by atoms with Gasteiger partial charge in [0, 0.05) is 31.8 Å². The molecule has 3 rings (SSSR count). The lowest BCUT2D eigenvalue weighted by atomic mass is 9.82. The SMILES string of the molecule is O=S(=O)(O)C(c1ccc(Cl)cc1O)(c1ccccc1Cl)c1c(Cl)ccc(Cl)c1O. The third kappa shape index (κ3) is 3.54. The molecule has 5 nitrogen and oxygen atoms in total. The highest BCUT2D eigenvalue weighted by molar-refractivity contribution is 7.87. The molecule has 10 heteroatoms. The molecule has 3 aromatic rings. The van der Waals surface area contributed by atoms with Crippen molar-refractivity contribution in [1.29, 1.82) is 0 Å². The third-order valence-electron chi connectivity index (χ3n) is 4.41. The Morgan fingerprint density at radius 1 is 0.759 bits per heavy atom. The second-order valence-corrected chi connectivity index (χ2v) is 9.27. The van der Waals surface area contributed by atoms with E-state index in [4.69, 9.17) is 46.4 Å². The smallest absolute Gasteiger partial charge is 0.283 e. The Labute approximate surface area is 186 Å². The van der Waals surface area contributed by atoms with Gasteiger partial charge in [-0.1, -0.05) is 70.7 Å². The summed E-state index contributed by atoms with van der Waals surface area (Å²) in [6.07, 6.45) is 0. The molecule has 0 aliphatic heterocycles. The van der Waals surface area contributed by atoms with E-state index in [1.807, 2.05) is 0 Å². The number of hydrogen-bond donors (Lipinski definition) is 3. The van der Waals surface area contributed by atoms with Crippen molar-refractivity contribution >= 4 is 56.5 Å². The minimum Gasteiger partial charge on any atom is -0.508 e. The Kier molecular flexibility index (Phi) is 5.98. The molecule has 0 bridgehead atoms. The Morgan fingerprint density at radius 2 is 1.38 bits per heavy atom. The van der Waals surface area contributed by atoms with Gasteiger partial charge in [0.2, 0.25) is 0 Å². The maximum Gasteiger partial charge on any atom is 0.283 e. The number of phenolic OH excluding ortho intramolecular Hbond substituents is 2. The maximum absolute atomic E-state index is 13.0. The van der Waals surface area contributed by atoms with Crippen LogP contribution in [0.15, 0.2) is 54.6 Å². The van der Waals surface area contributed by atoms with E-state index >= 15 is 0 Å². The first kappa shape index (κ1) is 22.0. The van der Waals surface area contributed by atoms with Crippen LogP contribution in [0, 0.1) is 0 Å². The van der Waals surface area contributed by atoms with Crippen molar-refractivity contribution in [3.63, 3.8) is 0 Å². The van der Waals surface area contributed by atoms with Gasteiger partial charge in [-0.05, 0) is 30.3 Å². The summed E-state index contributed by atoms with van der Waals surface area (Å²) in [5.41, 5.74) is -0.974. The summed E-state index contributed by atoms with van der Waals surface area (Å²) < 4.78 is 33.9. The van der Waals surface area contributed by atoms with Crippen LogP contribution in [0.1, 0.15) is 16.7 Å². The zero-order valence-corrected chi connectivity index (χ0v) is 18.1. The third-order valence-corrected chi connectivity index (χ3v) is 7.01. The molecule has 1 atom stereocenters. The molecule has 0 aromatic heterocycles. The summed E-state index contributed by atoms with van der Waals surface area (Å²) in [7, 11) is -5.20. The number of hydrogen-bond acceptors (Lipinski definition) is 4. The van der Waals surface area contributed by atoms with Crippen molar-refractivity contribution in [3.8, 4) is 11.5 Å². The lowest BCUT2D eigenvalue weighted by Crippen LogP contribution is -2.39. The molecule has 0 heterocycles. The van der Waals surface area contributed by atoms with Gasteiger partial charge in [-0.3, -0.25) is 4.55 Å². The van der Waals surface area contributed by atoms with E-state index in [2.05, 4.69) is 0 Å². The highest BCUT2D eigenvalue weighted by atomic mass is 35.5. The lowest BCUT2D eigenvalue weighted by molar-refractivity contribution is 0.428. The monoisotopic (exact) mass is 492 g/mol. The quantitative estimate of drug-likeness (QED) is 0.311. The van der Waals surface area contributed by atoms with Crippen LogP contribution in [-0.4, -0.2) is 23.2 Å². The zero-order chi connectivity index (χ0) is 21.6. The molecule has 0 aliphatic rings. The molecule has 29 heavy (non-hydrogen) atoms. The Morgan fingerprint density at radius 3 is 1.97 bits per heavy atom. The van der Waals surface area contributed by atoms with Gasteiger partial charge in [-0.25, -0.2) is 0 Å². The van der Waals surface area contributed by atoms with E-state index in [1.54, 1.807) is 6.07 Å². The largest absolute Gasteiger partial charge is 0.508 e. The van der Waals surface area contributed by atoms with Crippen LogP contribution in [-0.2, 0) is 14.9 Å². The molecule has 0 amide bonds. The predicted octanol–water partition coefficient (Wildman–Crippen LogP) is 5.89. The normalized spacial score (nSPS) is 13.8. The molecule has 0 fully saturated rings. The van der Waals surface area contributed by atoms with Crippen LogP contribution >= 0.6 is 46.4 Å². The van der Waals surface area contributed by atoms with Gasteiger partial charge >= 0.3 is 0 Å². The van der Waals surface area contributed by atoms with Gasteiger partial charge in [-0.15, -0.1) is 0 Å². The second-order valence-electron chi connectivity index (χ2n) is 6.05. The van der Waals surface area contributed by atoms with Gasteiger partial charge in [0.15, 0.2) is 4.75 Å². The van der Waals surface area contributed by atoms with E-state index in [0.717, 1.165) is 6.07 Å². The molecule has 152 valence electrons. The highest BCUT2D eigenvalue weighted by Crippen LogP contribution is 2.54. The molecule has 3 N–H and O–H groups in total. The summed E-state index contributed by atoms with van der Waals surface area (Å²) in [5, 5.41) is 20.9. The number of aromatic hydroxyl groups is 2. The molecular formula is C19H12Cl4O5S. The van der Waals surface area contributed by atoms with Crippen molar-refractivity contribution in [2.45, 2.75) is 4.75 Å². The zero-order valence-electron chi connectivity index (χ0n) is 14.3. The second kappa shape index (κ2) is 7.87. The van der Waals surface area contributed by atoms with Gasteiger partial charge in [0.05, 0.1) is 5.02 Å². The maximum atomic E-state index is 13.0. The van der Waals surface area contributed by atoms with E-state index in [1.165, 1.54) is 42.5 Å². The van der Waals surface area contributed by atoms with Gasteiger partial charge in [0.1, 0.15) is 11.5 Å². The van der Waals surface area contributed by atoms with Crippen LogP contribution in [0.25, 0.3) is 0 Å². The molecule has 0 spiro atoms. The van der Waals surface area contributed by atoms with Crippen LogP contribution in [0.3, 0.4) is 0 Å². The van der Waals surface area contributed by atoms with Crippen LogP contribution in [0.5, 0.6) is 11.5 Å². The van der Waals surface area contributed by atoms with Crippen molar-refractivity contribution in [2.24, 2.45) is 0 Å². The molecule has 0 radical (unpaired) electrons. The van der Waals surface area contributed by atoms with Crippen molar-refractivity contribution in [1.82, 2.24) is 0 Å². The fourth-order valence-corrected chi connectivity index (χ4v) is 5.63. The molecular weight excluding hydrogens is 482 g/mol. The Bertz CT molecular complexity index is 1210. The Hall–Kier alpha value is -1.67. The first-order chi connectivity index (χ1) is 13.5. The van der Waals surface area contributed by atoms with E-state index in [9.17, 15) is 23.2 Å². The summed E-state index contributed by atoms with van der Waals surface area (Å²) in [4.78, 5) is 0. The molecule has 0 saturated heterocycles. The van der Waals surface area contributed by atoms with Gasteiger partial charge in [-0.2, -0.15) is 8.42 Å². The molecule has 0 aliphatic carbocycles. The van der Waals surface area contributed by atoms with E-state index in [0.29, 0.717) is 0 Å². The van der Waals surface area contributed by atoms with Crippen LogP contribution < -0.4 is 0 Å². The van der Waals surface area contributed by atoms with E-state index < -0.39 is 31.9 Å². The first-order valence-corrected chi connectivity index (χ1v) is 10.9. The number of halogens is 4. The van der Waals surface area contributed by atoms with Crippen LogP contribution in [0.2, 0.25) is 20.1 Å². The predicted molar refractivity (Wildman–Crippen MR) is 114 cm³/mol. The fourth-order valence-electron chi connectivity index (χ4n) is 3.25. The first-order valence-electron chi connectivity index (χ1n) is 7.90.